The maximum atomic E-state index is 6.26. The maximum absolute atomic E-state index is 6.26. The Morgan fingerprint density at radius 1 is 1.06 bits per heavy atom. The van der Waals surface area contributed by atoms with Gasteiger partial charge < -0.3 is 5.32 Å². The number of hydrogen-bond acceptors (Lipinski definition) is 1. The second-order valence-electron chi connectivity index (χ2n) is 5.17. The number of hydrogen-bond donors (Lipinski definition) is 1. The molecule has 17 heavy (non-hydrogen) atoms. The third-order valence-corrected chi connectivity index (χ3v) is 3.90. The van der Waals surface area contributed by atoms with Crippen LogP contribution < -0.4 is 5.32 Å². The van der Waals surface area contributed by atoms with Crippen LogP contribution in [0, 0.1) is 6.92 Å². The summed E-state index contributed by atoms with van der Waals surface area (Å²) in [5.41, 5.74) is 2.32. The fraction of sp³-hybridized carbons (Fsp3) is 0.600. The number of benzene rings is 1. The first kappa shape index (κ1) is 12.8. The molecule has 1 aliphatic carbocycles. The zero-order chi connectivity index (χ0) is 12.1. The standard InChI is InChI=1S/C15H22ClN/c1-12-9-10-15(14(16)11-12)17-13-7-5-3-2-4-6-8-13/h9-11,13,17H,2-8H2,1H3. The highest BCUT2D eigenvalue weighted by atomic mass is 35.5. The average molecular weight is 252 g/mol. The first-order chi connectivity index (χ1) is 8.25. The number of anilines is 1. The van der Waals surface area contributed by atoms with E-state index in [0.717, 1.165) is 10.7 Å². The SMILES string of the molecule is Cc1ccc(NC2CCCCCCC2)c(Cl)c1. The lowest BCUT2D eigenvalue weighted by Gasteiger charge is -2.22. The Bertz CT molecular complexity index is 354. The number of halogens is 1. The summed E-state index contributed by atoms with van der Waals surface area (Å²) in [6.45, 7) is 2.07. The molecule has 94 valence electrons. The lowest BCUT2D eigenvalue weighted by Crippen LogP contribution is -2.20. The van der Waals surface area contributed by atoms with Gasteiger partial charge in [-0.15, -0.1) is 0 Å². The second kappa shape index (κ2) is 6.30. The van der Waals surface area contributed by atoms with E-state index < -0.39 is 0 Å². The minimum atomic E-state index is 0.607. The number of nitrogens with one attached hydrogen (secondary N) is 1. The smallest absolute Gasteiger partial charge is 0.0640 e. The number of aryl methyl sites for hydroxylation is 1. The summed E-state index contributed by atoms with van der Waals surface area (Å²) >= 11 is 6.26. The fourth-order valence-electron chi connectivity index (χ4n) is 2.56. The average Bonchev–Trinajstić information content (AvgIpc) is 2.25. The molecule has 1 nitrogen and oxygen atoms in total. The monoisotopic (exact) mass is 251 g/mol. The van der Waals surface area contributed by atoms with Crippen molar-refractivity contribution in [3.63, 3.8) is 0 Å². The summed E-state index contributed by atoms with van der Waals surface area (Å²) in [5.74, 6) is 0. The Morgan fingerprint density at radius 2 is 1.71 bits per heavy atom. The summed E-state index contributed by atoms with van der Waals surface area (Å²) in [4.78, 5) is 0. The molecule has 0 amide bonds. The molecule has 0 heterocycles. The molecule has 1 N–H and O–H groups in total. The molecule has 1 aliphatic rings. The molecule has 1 aromatic carbocycles. The van der Waals surface area contributed by atoms with Gasteiger partial charge in [-0.1, -0.05) is 49.8 Å². The summed E-state index contributed by atoms with van der Waals surface area (Å²) < 4.78 is 0. The van der Waals surface area contributed by atoms with Crippen LogP contribution >= 0.6 is 11.6 Å². The molecule has 2 rings (SSSR count). The molecule has 0 aromatic heterocycles. The predicted molar refractivity (Wildman–Crippen MR) is 75.9 cm³/mol. The van der Waals surface area contributed by atoms with Crippen LogP contribution in [0.4, 0.5) is 5.69 Å². The van der Waals surface area contributed by atoms with Gasteiger partial charge in [-0.2, -0.15) is 0 Å². The molecule has 0 unspecified atom stereocenters. The molecule has 1 aromatic rings. The van der Waals surface area contributed by atoms with Crippen LogP contribution in [0.5, 0.6) is 0 Å². The largest absolute Gasteiger partial charge is 0.381 e. The van der Waals surface area contributed by atoms with Crippen LogP contribution in [0.1, 0.15) is 50.5 Å². The first-order valence-corrected chi connectivity index (χ1v) is 7.16. The van der Waals surface area contributed by atoms with Crippen molar-refractivity contribution in [3.05, 3.63) is 28.8 Å². The maximum Gasteiger partial charge on any atom is 0.0640 e. The van der Waals surface area contributed by atoms with E-state index in [1.54, 1.807) is 0 Å². The van der Waals surface area contributed by atoms with E-state index in [1.807, 2.05) is 6.07 Å². The van der Waals surface area contributed by atoms with Gasteiger partial charge in [-0.3, -0.25) is 0 Å². The van der Waals surface area contributed by atoms with Gasteiger partial charge in [-0.25, -0.2) is 0 Å². The van der Waals surface area contributed by atoms with Crippen molar-refractivity contribution < 1.29 is 0 Å². The van der Waals surface area contributed by atoms with Gasteiger partial charge in [0.15, 0.2) is 0 Å². The van der Waals surface area contributed by atoms with Crippen LogP contribution in [0.2, 0.25) is 5.02 Å². The fourth-order valence-corrected chi connectivity index (χ4v) is 2.85. The van der Waals surface area contributed by atoms with Crippen LogP contribution in [0.25, 0.3) is 0 Å². The summed E-state index contributed by atoms with van der Waals surface area (Å²) in [5, 5.41) is 4.47. The predicted octanol–water partition coefficient (Wildman–Crippen LogP) is 5.17. The highest BCUT2D eigenvalue weighted by Crippen LogP contribution is 2.26. The summed E-state index contributed by atoms with van der Waals surface area (Å²) in [6.07, 6.45) is 9.45. The minimum absolute atomic E-state index is 0.607. The van der Waals surface area contributed by atoms with E-state index in [9.17, 15) is 0 Å². The Morgan fingerprint density at radius 3 is 2.35 bits per heavy atom. The highest BCUT2D eigenvalue weighted by Gasteiger charge is 2.12. The van der Waals surface area contributed by atoms with Crippen molar-refractivity contribution in [3.8, 4) is 0 Å². The Balaban J connectivity index is 1.98. The van der Waals surface area contributed by atoms with Gasteiger partial charge in [0.2, 0.25) is 0 Å². The molecule has 0 atom stereocenters. The van der Waals surface area contributed by atoms with Crippen LogP contribution in [-0.4, -0.2) is 6.04 Å². The molecule has 0 saturated heterocycles. The second-order valence-corrected chi connectivity index (χ2v) is 5.58. The zero-order valence-electron chi connectivity index (χ0n) is 10.6. The van der Waals surface area contributed by atoms with Gasteiger partial charge >= 0.3 is 0 Å². The van der Waals surface area contributed by atoms with Gasteiger partial charge in [0, 0.05) is 6.04 Å². The van der Waals surface area contributed by atoms with Crippen LogP contribution in [-0.2, 0) is 0 Å². The molecular formula is C15H22ClN. The Kier molecular flexibility index (Phi) is 4.73. The van der Waals surface area contributed by atoms with Gasteiger partial charge in [0.25, 0.3) is 0 Å². The van der Waals surface area contributed by atoms with Crippen molar-refractivity contribution in [2.45, 2.75) is 57.9 Å². The lowest BCUT2D eigenvalue weighted by molar-refractivity contribution is 0.471. The van der Waals surface area contributed by atoms with E-state index >= 15 is 0 Å². The van der Waals surface area contributed by atoms with Crippen molar-refractivity contribution in [1.82, 2.24) is 0 Å². The third-order valence-electron chi connectivity index (χ3n) is 3.59. The third kappa shape index (κ3) is 3.92. The van der Waals surface area contributed by atoms with Crippen molar-refractivity contribution >= 4 is 17.3 Å². The Hall–Kier alpha value is -0.690. The zero-order valence-corrected chi connectivity index (χ0v) is 11.4. The van der Waals surface area contributed by atoms with E-state index in [1.165, 1.54) is 50.5 Å². The molecule has 0 bridgehead atoms. The van der Waals surface area contributed by atoms with Crippen molar-refractivity contribution in [2.75, 3.05) is 5.32 Å². The summed E-state index contributed by atoms with van der Waals surface area (Å²) in [6, 6.07) is 6.87. The first-order valence-electron chi connectivity index (χ1n) is 6.78. The minimum Gasteiger partial charge on any atom is -0.381 e. The van der Waals surface area contributed by atoms with Crippen molar-refractivity contribution in [2.24, 2.45) is 0 Å². The topological polar surface area (TPSA) is 12.0 Å². The van der Waals surface area contributed by atoms with E-state index in [-0.39, 0.29) is 0 Å². The molecular weight excluding hydrogens is 230 g/mol. The van der Waals surface area contributed by atoms with E-state index in [4.69, 9.17) is 11.6 Å². The molecule has 1 saturated carbocycles. The Labute approximate surface area is 110 Å². The highest BCUT2D eigenvalue weighted by molar-refractivity contribution is 6.33. The van der Waals surface area contributed by atoms with Gasteiger partial charge in [0.1, 0.15) is 0 Å². The molecule has 1 fully saturated rings. The normalized spacial score (nSPS) is 18.5. The van der Waals surface area contributed by atoms with Gasteiger partial charge in [0.05, 0.1) is 10.7 Å². The van der Waals surface area contributed by atoms with E-state index in [2.05, 4.69) is 24.4 Å². The number of rotatable bonds is 2. The quantitative estimate of drug-likeness (QED) is 0.764. The molecule has 0 aliphatic heterocycles. The van der Waals surface area contributed by atoms with E-state index in [0.29, 0.717) is 6.04 Å². The molecule has 2 heteroatoms. The molecule has 0 radical (unpaired) electrons. The molecule has 0 spiro atoms. The van der Waals surface area contributed by atoms with Crippen LogP contribution in [0.3, 0.4) is 0 Å². The van der Waals surface area contributed by atoms with Crippen molar-refractivity contribution in [1.29, 1.82) is 0 Å². The van der Waals surface area contributed by atoms with Crippen LogP contribution in [0.15, 0.2) is 18.2 Å². The summed E-state index contributed by atoms with van der Waals surface area (Å²) in [7, 11) is 0. The van der Waals surface area contributed by atoms with Gasteiger partial charge in [-0.05, 0) is 37.5 Å². The lowest BCUT2D eigenvalue weighted by atomic mass is 9.96.